The quantitative estimate of drug-likeness (QED) is 0.453. The lowest BCUT2D eigenvalue weighted by Gasteiger charge is -2.29. The lowest BCUT2D eigenvalue weighted by molar-refractivity contribution is 0.122. The molecule has 6 rings (SSSR count). The van der Waals surface area contributed by atoms with Gasteiger partial charge in [0.25, 0.3) is 0 Å². The van der Waals surface area contributed by atoms with Gasteiger partial charge in [0.2, 0.25) is 0 Å². The molecular formula is C23H19F2N7O. The van der Waals surface area contributed by atoms with Crippen LogP contribution < -0.4 is 4.90 Å². The molecule has 1 fully saturated rings. The van der Waals surface area contributed by atoms with E-state index in [1.54, 1.807) is 6.07 Å². The molecule has 0 atom stereocenters. The molecule has 3 aromatic heterocycles. The predicted molar refractivity (Wildman–Crippen MR) is 119 cm³/mol. The Kier molecular flexibility index (Phi) is 4.54. The van der Waals surface area contributed by atoms with E-state index in [1.165, 1.54) is 12.5 Å². The zero-order valence-corrected chi connectivity index (χ0v) is 17.7. The first-order valence-electron chi connectivity index (χ1n) is 10.6. The van der Waals surface area contributed by atoms with E-state index in [0.717, 1.165) is 42.0 Å². The second kappa shape index (κ2) is 7.59. The van der Waals surface area contributed by atoms with Crippen molar-refractivity contribution >= 4 is 27.6 Å². The van der Waals surface area contributed by atoms with Crippen LogP contribution in [-0.2, 0) is 4.74 Å². The van der Waals surface area contributed by atoms with Crippen LogP contribution in [0.4, 0.5) is 14.5 Å². The molecule has 0 bridgehead atoms. The number of morpholine rings is 1. The molecule has 0 spiro atoms. The molecule has 1 aliphatic heterocycles. The number of rotatable bonds is 3. The van der Waals surface area contributed by atoms with Crippen LogP contribution >= 0.6 is 0 Å². The van der Waals surface area contributed by atoms with E-state index in [0.29, 0.717) is 36.1 Å². The Bertz CT molecular complexity index is 1490. The summed E-state index contributed by atoms with van der Waals surface area (Å²) in [5.41, 5.74) is 3.62. The summed E-state index contributed by atoms with van der Waals surface area (Å²) < 4.78 is 36.8. The fourth-order valence-corrected chi connectivity index (χ4v) is 4.47. The Balaban J connectivity index is 1.68. The summed E-state index contributed by atoms with van der Waals surface area (Å²) in [6, 6.07) is 7.93. The van der Waals surface area contributed by atoms with E-state index in [-0.39, 0.29) is 10.9 Å². The van der Waals surface area contributed by atoms with Gasteiger partial charge in [-0.05, 0) is 37.3 Å². The van der Waals surface area contributed by atoms with Gasteiger partial charge in [0.1, 0.15) is 34.8 Å². The number of H-pyrrole nitrogens is 1. The summed E-state index contributed by atoms with van der Waals surface area (Å²) in [6.07, 6.45) is 3.00. The summed E-state index contributed by atoms with van der Waals surface area (Å²) in [4.78, 5) is 14.1. The van der Waals surface area contributed by atoms with Crippen molar-refractivity contribution in [2.45, 2.75) is 6.92 Å². The van der Waals surface area contributed by atoms with Gasteiger partial charge in [0.05, 0.1) is 29.8 Å². The van der Waals surface area contributed by atoms with Crippen LogP contribution in [0.15, 0.2) is 42.9 Å². The minimum absolute atomic E-state index is 0.0199. The zero-order valence-electron chi connectivity index (χ0n) is 17.7. The predicted octanol–water partition coefficient (Wildman–Crippen LogP) is 3.78. The smallest absolute Gasteiger partial charge is 0.163 e. The molecule has 166 valence electrons. The van der Waals surface area contributed by atoms with E-state index in [2.05, 4.69) is 25.1 Å². The van der Waals surface area contributed by atoms with Gasteiger partial charge in [0.15, 0.2) is 5.82 Å². The van der Waals surface area contributed by atoms with E-state index < -0.39 is 11.6 Å². The molecule has 5 aromatic rings. The molecular weight excluding hydrogens is 428 g/mol. The Morgan fingerprint density at radius 1 is 1.03 bits per heavy atom. The first-order valence-corrected chi connectivity index (χ1v) is 10.6. The molecule has 10 heteroatoms. The number of nitrogens with one attached hydrogen (secondary N) is 1. The maximum Gasteiger partial charge on any atom is 0.163 e. The summed E-state index contributed by atoms with van der Waals surface area (Å²) in [5, 5.41) is 8.23. The Morgan fingerprint density at radius 2 is 1.85 bits per heavy atom. The highest BCUT2D eigenvalue weighted by molar-refractivity contribution is 5.97. The number of hydrogen-bond acceptors (Lipinski definition) is 6. The number of ether oxygens (including phenoxy) is 1. The minimum Gasteiger partial charge on any atom is -0.378 e. The fraction of sp³-hybridized carbons (Fsp3) is 0.217. The summed E-state index contributed by atoms with van der Waals surface area (Å²) in [7, 11) is 0. The number of hydrogen-bond donors (Lipinski definition) is 1. The van der Waals surface area contributed by atoms with Crippen LogP contribution in [0.5, 0.6) is 0 Å². The number of anilines is 1. The minimum atomic E-state index is -0.577. The molecule has 0 amide bonds. The first kappa shape index (κ1) is 19.7. The van der Waals surface area contributed by atoms with Crippen LogP contribution in [-0.4, -0.2) is 56.0 Å². The number of imidazole rings is 1. The zero-order chi connectivity index (χ0) is 22.5. The number of aromatic nitrogens is 6. The highest BCUT2D eigenvalue weighted by Gasteiger charge is 2.22. The van der Waals surface area contributed by atoms with Crippen molar-refractivity contribution in [1.29, 1.82) is 0 Å². The van der Waals surface area contributed by atoms with Gasteiger partial charge in [-0.1, -0.05) is 0 Å². The van der Waals surface area contributed by atoms with Crippen LogP contribution in [0.1, 0.15) is 5.82 Å². The van der Waals surface area contributed by atoms with Crippen molar-refractivity contribution in [3.8, 4) is 17.1 Å². The summed E-state index contributed by atoms with van der Waals surface area (Å²) >= 11 is 0. The average Bonchev–Trinajstić information content (AvgIpc) is 3.49. The van der Waals surface area contributed by atoms with Crippen molar-refractivity contribution in [2.75, 3.05) is 31.2 Å². The lowest BCUT2D eigenvalue weighted by Crippen LogP contribution is -2.36. The van der Waals surface area contributed by atoms with E-state index >= 15 is 0 Å². The Morgan fingerprint density at radius 3 is 2.64 bits per heavy atom. The first-order chi connectivity index (χ1) is 16.1. The normalized spacial score (nSPS) is 14.5. The standard InChI is InChI=1S/C23H19F2N7O/c1-13-29-21-15(23-27-12-28-30-23)10-14(31-6-8-33-9-7-31)11-19(21)32(13)18-4-5-26-22-17(25)3-2-16(24)20(18)22/h2-5,10-12H,6-9H2,1H3,(H,27,28,30). The number of aryl methyl sites for hydroxylation is 1. The van der Waals surface area contributed by atoms with Crippen molar-refractivity contribution in [3.05, 3.63) is 60.3 Å². The topological polar surface area (TPSA) is 84.8 Å². The van der Waals surface area contributed by atoms with Crippen molar-refractivity contribution in [2.24, 2.45) is 0 Å². The number of pyridine rings is 1. The molecule has 33 heavy (non-hydrogen) atoms. The molecule has 0 radical (unpaired) electrons. The van der Waals surface area contributed by atoms with Gasteiger partial charge >= 0.3 is 0 Å². The summed E-state index contributed by atoms with van der Waals surface area (Å²) in [5.74, 6) is 0.0832. The van der Waals surface area contributed by atoms with Gasteiger partial charge in [-0.2, -0.15) is 0 Å². The van der Waals surface area contributed by atoms with Crippen molar-refractivity contribution < 1.29 is 13.5 Å². The van der Waals surface area contributed by atoms with E-state index in [9.17, 15) is 8.78 Å². The third-order valence-corrected chi connectivity index (χ3v) is 5.97. The Labute approximate surface area is 186 Å². The van der Waals surface area contributed by atoms with E-state index in [4.69, 9.17) is 9.72 Å². The second-order valence-electron chi connectivity index (χ2n) is 7.88. The number of nitrogens with zero attached hydrogens (tertiary/aromatic N) is 6. The molecule has 0 saturated carbocycles. The van der Waals surface area contributed by atoms with E-state index in [1.807, 2.05) is 23.6 Å². The third kappa shape index (κ3) is 3.13. The van der Waals surface area contributed by atoms with Crippen molar-refractivity contribution in [1.82, 2.24) is 29.7 Å². The maximum atomic E-state index is 14.9. The van der Waals surface area contributed by atoms with Gasteiger partial charge in [-0.25, -0.2) is 13.8 Å². The molecule has 1 N–H and O–H groups in total. The molecule has 4 heterocycles. The third-order valence-electron chi connectivity index (χ3n) is 5.97. The number of halogens is 2. The average molecular weight is 447 g/mol. The molecule has 1 saturated heterocycles. The van der Waals surface area contributed by atoms with Crippen LogP contribution in [0, 0.1) is 18.6 Å². The van der Waals surface area contributed by atoms with Gasteiger partial charge in [-0.15, -0.1) is 10.2 Å². The number of fused-ring (bicyclic) bond motifs is 2. The van der Waals surface area contributed by atoms with Crippen LogP contribution in [0.3, 0.4) is 0 Å². The molecule has 8 nitrogen and oxygen atoms in total. The SMILES string of the molecule is Cc1nc2c(-c3nnc[nH]3)cc(N3CCOCC3)cc2n1-c1ccnc2c(F)ccc(F)c12. The highest BCUT2D eigenvalue weighted by Crippen LogP contribution is 2.36. The van der Waals surface area contributed by atoms with Gasteiger partial charge in [0, 0.05) is 30.5 Å². The van der Waals surface area contributed by atoms with Gasteiger partial charge < -0.3 is 14.6 Å². The molecule has 1 aliphatic rings. The maximum absolute atomic E-state index is 14.9. The van der Waals surface area contributed by atoms with Crippen LogP contribution in [0.25, 0.3) is 39.0 Å². The Hall–Kier alpha value is -3.92. The van der Waals surface area contributed by atoms with Gasteiger partial charge in [-0.3, -0.25) is 9.55 Å². The fourth-order valence-electron chi connectivity index (χ4n) is 4.47. The largest absolute Gasteiger partial charge is 0.378 e. The monoisotopic (exact) mass is 447 g/mol. The molecule has 2 aromatic carbocycles. The second-order valence-corrected chi connectivity index (χ2v) is 7.88. The van der Waals surface area contributed by atoms with Crippen LogP contribution in [0.2, 0.25) is 0 Å². The molecule has 0 unspecified atom stereocenters. The van der Waals surface area contributed by atoms with Crippen molar-refractivity contribution in [3.63, 3.8) is 0 Å². The highest BCUT2D eigenvalue weighted by atomic mass is 19.1. The lowest BCUT2D eigenvalue weighted by atomic mass is 10.1. The summed E-state index contributed by atoms with van der Waals surface area (Å²) in [6.45, 7) is 4.59. The molecule has 0 aliphatic carbocycles. The number of aromatic amines is 1. The number of benzene rings is 2.